The lowest BCUT2D eigenvalue weighted by Crippen LogP contribution is -2.09. The van der Waals surface area contributed by atoms with Crippen molar-refractivity contribution in [2.45, 2.75) is 32.6 Å². The van der Waals surface area contributed by atoms with Crippen LogP contribution < -0.4 is 5.32 Å². The van der Waals surface area contributed by atoms with Crippen molar-refractivity contribution in [2.75, 3.05) is 11.9 Å². The highest BCUT2D eigenvalue weighted by atomic mass is 19.1. The first kappa shape index (κ1) is 16.2. The molecule has 1 N–H and O–H groups in total. The molecule has 0 amide bonds. The second-order valence-electron chi connectivity index (χ2n) is 5.54. The van der Waals surface area contributed by atoms with Crippen LogP contribution >= 0.6 is 0 Å². The van der Waals surface area contributed by atoms with Crippen LogP contribution in [0.2, 0.25) is 0 Å². The number of nitrogens with one attached hydrogen (secondary N) is 1. The minimum Gasteiger partial charge on any atom is -0.385 e. The lowest BCUT2D eigenvalue weighted by molar-refractivity contribution is 0.0986. The molecule has 3 heteroatoms. The van der Waals surface area contributed by atoms with Gasteiger partial charge in [-0.05, 0) is 54.3 Å². The quantitative estimate of drug-likeness (QED) is 0.727. The van der Waals surface area contributed by atoms with E-state index >= 15 is 0 Å². The van der Waals surface area contributed by atoms with E-state index in [1.807, 2.05) is 12.1 Å². The Morgan fingerprint density at radius 2 is 1.73 bits per heavy atom. The zero-order valence-electron chi connectivity index (χ0n) is 13.1. The predicted octanol–water partition coefficient (Wildman–Crippen LogP) is 5.02. The molecule has 0 aliphatic heterocycles. The molecule has 1 atom stereocenters. The van der Waals surface area contributed by atoms with E-state index in [1.165, 1.54) is 29.8 Å². The molecule has 0 spiro atoms. The van der Waals surface area contributed by atoms with E-state index in [2.05, 4.69) is 31.3 Å². The smallest absolute Gasteiger partial charge is 0.164 e. The van der Waals surface area contributed by atoms with Crippen LogP contribution in [0.25, 0.3) is 0 Å². The van der Waals surface area contributed by atoms with Crippen molar-refractivity contribution in [2.24, 2.45) is 0 Å². The lowest BCUT2D eigenvalue weighted by Gasteiger charge is -2.11. The van der Waals surface area contributed by atoms with E-state index in [4.69, 9.17) is 0 Å². The summed E-state index contributed by atoms with van der Waals surface area (Å²) in [6, 6.07) is 14.0. The molecule has 116 valence electrons. The zero-order valence-corrected chi connectivity index (χ0v) is 13.1. The van der Waals surface area contributed by atoms with Gasteiger partial charge in [0.1, 0.15) is 5.82 Å². The van der Waals surface area contributed by atoms with Gasteiger partial charge in [-0.15, -0.1) is 0 Å². The third kappa shape index (κ3) is 4.42. The molecule has 0 aromatic heterocycles. The summed E-state index contributed by atoms with van der Waals surface area (Å²) < 4.78 is 12.8. The van der Waals surface area contributed by atoms with Gasteiger partial charge in [0.15, 0.2) is 5.78 Å². The number of carbonyl (C=O) groups is 1. The predicted molar refractivity (Wildman–Crippen MR) is 89.0 cm³/mol. The standard InChI is InChI=1S/C19H22FNO/c1-3-14(2)15-6-10-18(11-7-15)21-13-12-19(22)16-4-8-17(20)9-5-16/h4-11,14,21H,3,12-13H2,1-2H3/t14-/m0/s1. The van der Waals surface area contributed by atoms with E-state index in [1.54, 1.807) is 0 Å². The normalized spacial score (nSPS) is 12.0. The molecule has 0 aliphatic rings. The number of hydrogen-bond donors (Lipinski definition) is 1. The number of Topliss-reactive ketones (excluding diaryl/α,β-unsaturated/α-hetero) is 1. The van der Waals surface area contributed by atoms with Crippen LogP contribution in [0, 0.1) is 5.82 Å². The number of halogens is 1. The average Bonchev–Trinajstić information content (AvgIpc) is 2.55. The van der Waals surface area contributed by atoms with E-state index in [0.717, 1.165) is 12.1 Å². The molecule has 0 aliphatic carbocycles. The number of rotatable bonds is 7. The summed E-state index contributed by atoms with van der Waals surface area (Å²) in [5.41, 5.74) is 2.89. The molecule has 0 bridgehead atoms. The van der Waals surface area contributed by atoms with Crippen molar-refractivity contribution in [1.82, 2.24) is 0 Å². The maximum absolute atomic E-state index is 12.8. The van der Waals surface area contributed by atoms with Crippen molar-refractivity contribution in [1.29, 1.82) is 0 Å². The van der Waals surface area contributed by atoms with Crippen LogP contribution in [0.4, 0.5) is 10.1 Å². The molecular formula is C19H22FNO. The molecule has 0 radical (unpaired) electrons. The Kier molecular flexibility index (Phi) is 5.70. The first-order valence-corrected chi connectivity index (χ1v) is 7.72. The number of anilines is 1. The van der Waals surface area contributed by atoms with Crippen molar-refractivity contribution in [3.05, 3.63) is 65.5 Å². The van der Waals surface area contributed by atoms with Crippen molar-refractivity contribution >= 4 is 11.5 Å². The second-order valence-corrected chi connectivity index (χ2v) is 5.54. The zero-order chi connectivity index (χ0) is 15.9. The van der Waals surface area contributed by atoms with Crippen molar-refractivity contribution < 1.29 is 9.18 Å². The van der Waals surface area contributed by atoms with Crippen LogP contribution in [0.1, 0.15) is 48.5 Å². The summed E-state index contributed by atoms with van der Waals surface area (Å²) >= 11 is 0. The Hall–Kier alpha value is -2.16. The minimum atomic E-state index is -0.323. The van der Waals surface area contributed by atoms with Crippen LogP contribution in [-0.4, -0.2) is 12.3 Å². The van der Waals surface area contributed by atoms with Gasteiger partial charge in [-0.25, -0.2) is 4.39 Å². The van der Waals surface area contributed by atoms with E-state index in [9.17, 15) is 9.18 Å². The van der Waals surface area contributed by atoms with Gasteiger partial charge in [0.05, 0.1) is 0 Å². The van der Waals surface area contributed by atoms with E-state index < -0.39 is 0 Å². The van der Waals surface area contributed by atoms with E-state index in [-0.39, 0.29) is 11.6 Å². The Balaban J connectivity index is 1.83. The summed E-state index contributed by atoms with van der Waals surface area (Å²) in [6.45, 7) is 4.96. The third-order valence-corrected chi connectivity index (χ3v) is 3.94. The van der Waals surface area contributed by atoms with E-state index in [0.29, 0.717) is 24.4 Å². The maximum Gasteiger partial charge on any atom is 0.164 e. The fourth-order valence-electron chi connectivity index (χ4n) is 2.27. The summed E-state index contributed by atoms with van der Waals surface area (Å²) in [4.78, 5) is 12.0. The average molecular weight is 299 g/mol. The monoisotopic (exact) mass is 299 g/mol. The van der Waals surface area contributed by atoms with Gasteiger partial charge in [0, 0.05) is 24.2 Å². The number of hydrogen-bond acceptors (Lipinski definition) is 2. The topological polar surface area (TPSA) is 29.1 Å². The number of benzene rings is 2. The highest BCUT2D eigenvalue weighted by molar-refractivity contribution is 5.96. The Labute approximate surface area is 131 Å². The number of carbonyl (C=O) groups excluding carboxylic acids is 1. The molecule has 2 rings (SSSR count). The van der Waals surface area contributed by atoms with Gasteiger partial charge in [-0.3, -0.25) is 4.79 Å². The highest BCUT2D eigenvalue weighted by Crippen LogP contribution is 2.20. The van der Waals surface area contributed by atoms with Gasteiger partial charge in [0.25, 0.3) is 0 Å². The van der Waals surface area contributed by atoms with Crippen molar-refractivity contribution in [3.63, 3.8) is 0 Å². The Bertz CT molecular complexity index is 604. The van der Waals surface area contributed by atoms with Crippen LogP contribution in [0.15, 0.2) is 48.5 Å². The van der Waals surface area contributed by atoms with Gasteiger partial charge in [-0.1, -0.05) is 26.0 Å². The molecule has 2 aromatic carbocycles. The van der Waals surface area contributed by atoms with Crippen LogP contribution in [0.5, 0.6) is 0 Å². The summed E-state index contributed by atoms with van der Waals surface area (Å²) in [5, 5.41) is 3.25. The molecule has 2 nitrogen and oxygen atoms in total. The summed E-state index contributed by atoms with van der Waals surface area (Å²) in [5.74, 6) is 0.258. The molecule has 0 unspecified atom stereocenters. The SMILES string of the molecule is CC[C@H](C)c1ccc(NCCC(=O)c2ccc(F)cc2)cc1. The summed E-state index contributed by atoms with van der Waals surface area (Å²) in [6.07, 6.45) is 1.51. The van der Waals surface area contributed by atoms with Gasteiger partial charge >= 0.3 is 0 Å². The highest BCUT2D eigenvalue weighted by Gasteiger charge is 2.06. The Morgan fingerprint density at radius 3 is 2.32 bits per heavy atom. The lowest BCUT2D eigenvalue weighted by atomic mass is 9.98. The molecular weight excluding hydrogens is 277 g/mol. The van der Waals surface area contributed by atoms with Crippen LogP contribution in [0.3, 0.4) is 0 Å². The summed E-state index contributed by atoms with van der Waals surface area (Å²) in [7, 11) is 0. The first-order chi connectivity index (χ1) is 10.6. The van der Waals surface area contributed by atoms with Crippen LogP contribution in [-0.2, 0) is 0 Å². The largest absolute Gasteiger partial charge is 0.385 e. The molecule has 0 fully saturated rings. The second kappa shape index (κ2) is 7.74. The molecule has 0 saturated heterocycles. The minimum absolute atomic E-state index is 0.0173. The fraction of sp³-hybridized carbons (Fsp3) is 0.316. The molecule has 22 heavy (non-hydrogen) atoms. The first-order valence-electron chi connectivity index (χ1n) is 7.72. The fourth-order valence-corrected chi connectivity index (χ4v) is 2.27. The third-order valence-electron chi connectivity index (χ3n) is 3.94. The number of ketones is 1. The van der Waals surface area contributed by atoms with Gasteiger partial charge < -0.3 is 5.32 Å². The maximum atomic E-state index is 12.8. The van der Waals surface area contributed by atoms with Crippen molar-refractivity contribution in [3.8, 4) is 0 Å². The molecule has 0 heterocycles. The molecule has 2 aromatic rings. The Morgan fingerprint density at radius 1 is 1.09 bits per heavy atom. The molecule has 0 saturated carbocycles. The van der Waals surface area contributed by atoms with Gasteiger partial charge in [0.2, 0.25) is 0 Å². The van der Waals surface area contributed by atoms with Gasteiger partial charge in [-0.2, -0.15) is 0 Å².